The molecule has 114 valence electrons. The molecule has 4 nitrogen and oxygen atoms in total. The molecule has 0 saturated heterocycles. The van der Waals surface area contributed by atoms with Crippen molar-refractivity contribution >= 4 is 45.1 Å². The Morgan fingerprint density at radius 2 is 1.91 bits per heavy atom. The molecule has 0 saturated carbocycles. The predicted octanol–water partition coefficient (Wildman–Crippen LogP) is 4.59. The van der Waals surface area contributed by atoms with Gasteiger partial charge in [0.2, 0.25) is 0 Å². The van der Waals surface area contributed by atoms with Gasteiger partial charge in [-0.25, -0.2) is 0 Å². The maximum absolute atomic E-state index is 12.5. The largest absolute Gasteiger partial charge is 0.426 e. The lowest BCUT2D eigenvalue weighted by Crippen LogP contribution is -2.15. The third-order valence-electron chi connectivity index (χ3n) is 2.89. The van der Waals surface area contributed by atoms with Crippen LogP contribution >= 0.6 is 27.5 Å². The molecule has 0 bridgehead atoms. The van der Waals surface area contributed by atoms with Crippen LogP contribution in [0.2, 0.25) is 5.02 Å². The highest BCUT2D eigenvalue weighted by Crippen LogP contribution is 2.26. The van der Waals surface area contributed by atoms with Crippen LogP contribution in [0.15, 0.2) is 40.9 Å². The number of halogens is 2. The van der Waals surface area contributed by atoms with Crippen molar-refractivity contribution in [3.63, 3.8) is 0 Å². The lowest BCUT2D eigenvalue weighted by molar-refractivity contribution is -0.131. The summed E-state index contributed by atoms with van der Waals surface area (Å²) in [4.78, 5) is 23.6. The van der Waals surface area contributed by atoms with Crippen molar-refractivity contribution in [2.75, 3.05) is 5.32 Å². The molecule has 2 aromatic rings. The standard InChI is InChI=1S/C16H13BrClNO3/c1-9-3-5-12(18)8-14(9)19-16(21)13-7-11(17)4-6-15(13)22-10(2)20/h3-8H,1-2H3,(H,19,21). The number of benzene rings is 2. The SMILES string of the molecule is CC(=O)Oc1ccc(Br)cc1C(=O)Nc1cc(Cl)ccc1C. The maximum Gasteiger partial charge on any atom is 0.308 e. The first-order valence-corrected chi connectivity index (χ1v) is 7.59. The molecular formula is C16H13BrClNO3. The van der Waals surface area contributed by atoms with Gasteiger partial charge in [0.15, 0.2) is 0 Å². The fourth-order valence-corrected chi connectivity index (χ4v) is 2.38. The summed E-state index contributed by atoms with van der Waals surface area (Å²) in [5, 5.41) is 3.30. The minimum absolute atomic E-state index is 0.202. The van der Waals surface area contributed by atoms with E-state index >= 15 is 0 Å². The Morgan fingerprint density at radius 3 is 2.59 bits per heavy atom. The second-order valence-electron chi connectivity index (χ2n) is 4.65. The summed E-state index contributed by atoms with van der Waals surface area (Å²) in [6.07, 6.45) is 0. The molecular weight excluding hydrogens is 370 g/mol. The van der Waals surface area contributed by atoms with E-state index in [4.69, 9.17) is 16.3 Å². The van der Waals surface area contributed by atoms with Gasteiger partial charge < -0.3 is 10.1 Å². The third-order valence-corrected chi connectivity index (χ3v) is 3.62. The van der Waals surface area contributed by atoms with Crippen molar-refractivity contribution < 1.29 is 14.3 Å². The van der Waals surface area contributed by atoms with Crippen LogP contribution in [0.4, 0.5) is 5.69 Å². The van der Waals surface area contributed by atoms with Crippen molar-refractivity contribution in [3.05, 3.63) is 57.0 Å². The molecule has 22 heavy (non-hydrogen) atoms. The summed E-state index contributed by atoms with van der Waals surface area (Å²) in [6, 6.07) is 10.1. The van der Waals surface area contributed by atoms with E-state index in [0.717, 1.165) is 5.56 Å². The number of rotatable bonds is 3. The normalized spacial score (nSPS) is 10.2. The number of ether oxygens (including phenoxy) is 1. The highest BCUT2D eigenvalue weighted by molar-refractivity contribution is 9.10. The first-order valence-electron chi connectivity index (χ1n) is 6.42. The van der Waals surface area contributed by atoms with Crippen molar-refractivity contribution in [1.29, 1.82) is 0 Å². The van der Waals surface area contributed by atoms with E-state index in [0.29, 0.717) is 15.2 Å². The van der Waals surface area contributed by atoms with Gasteiger partial charge in [0.05, 0.1) is 5.56 Å². The van der Waals surface area contributed by atoms with Crippen LogP contribution in [0.3, 0.4) is 0 Å². The van der Waals surface area contributed by atoms with E-state index in [9.17, 15) is 9.59 Å². The molecule has 0 radical (unpaired) electrons. The minimum atomic E-state index is -0.490. The second kappa shape index (κ2) is 6.94. The monoisotopic (exact) mass is 381 g/mol. The third kappa shape index (κ3) is 4.08. The van der Waals surface area contributed by atoms with Crippen LogP contribution in [-0.2, 0) is 4.79 Å². The molecule has 2 rings (SSSR count). The van der Waals surface area contributed by atoms with Crippen molar-refractivity contribution in [2.45, 2.75) is 13.8 Å². The van der Waals surface area contributed by atoms with Gasteiger partial charge in [-0.1, -0.05) is 33.6 Å². The molecule has 0 aliphatic carbocycles. The molecule has 0 spiro atoms. The number of anilines is 1. The van der Waals surface area contributed by atoms with E-state index in [1.165, 1.54) is 6.92 Å². The summed E-state index contributed by atoms with van der Waals surface area (Å²) >= 11 is 9.24. The molecule has 2 aromatic carbocycles. The highest BCUT2D eigenvalue weighted by atomic mass is 79.9. The molecule has 0 heterocycles. The zero-order valence-electron chi connectivity index (χ0n) is 11.9. The topological polar surface area (TPSA) is 55.4 Å². The van der Waals surface area contributed by atoms with Gasteiger partial charge in [-0.3, -0.25) is 9.59 Å². The number of esters is 1. The number of hydrogen-bond acceptors (Lipinski definition) is 3. The molecule has 1 amide bonds. The van der Waals surface area contributed by atoms with Gasteiger partial charge in [-0.05, 0) is 42.8 Å². The molecule has 0 aliphatic rings. The summed E-state index contributed by atoms with van der Waals surface area (Å²) in [5.41, 5.74) is 1.73. The van der Waals surface area contributed by atoms with Crippen LogP contribution < -0.4 is 10.1 Å². The summed E-state index contributed by atoms with van der Waals surface area (Å²) < 4.78 is 5.77. The molecule has 0 atom stereocenters. The van der Waals surface area contributed by atoms with Crippen LogP contribution in [0, 0.1) is 6.92 Å². The van der Waals surface area contributed by atoms with Gasteiger partial charge in [0.1, 0.15) is 5.75 Å². The van der Waals surface area contributed by atoms with Crippen molar-refractivity contribution in [2.24, 2.45) is 0 Å². The number of aryl methyl sites for hydroxylation is 1. The summed E-state index contributed by atoms with van der Waals surface area (Å²) in [5.74, 6) is -0.675. The van der Waals surface area contributed by atoms with Crippen LogP contribution in [0.1, 0.15) is 22.8 Å². The lowest BCUT2D eigenvalue weighted by Gasteiger charge is -2.12. The number of carbonyl (C=O) groups is 2. The predicted molar refractivity (Wildman–Crippen MR) is 89.6 cm³/mol. The highest BCUT2D eigenvalue weighted by Gasteiger charge is 2.16. The Morgan fingerprint density at radius 1 is 1.18 bits per heavy atom. The van der Waals surface area contributed by atoms with Crippen molar-refractivity contribution in [1.82, 2.24) is 0 Å². The quantitative estimate of drug-likeness (QED) is 0.624. The number of amides is 1. The number of carbonyl (C=O) groups excluding carboxylic acids is 2. The Hall–Kier alpha value is -1.85. The molecule has 0 aliphatic heterocycles. The number of nitrogens with one attached hydrogen (secondary N) is 1. The van der Waals surface area contributed by atoms with E-state index < -0.39 is 5.97 Å². The molecule has 0 unspecified atom stereocenters. The van der Waals surface area contributed by atoms with Crippen molar-refractivity contribution in [3.8, 4) is 5.75 Å². The van der Waals surface area contributed by atoms with Gasteiger partial charge in [-0.15, -0.1) is 0 Å². The Balaban J connectivity index is 2.34. The molecule has 0 aromatic heterocycles. The molecule has 6 heteroatoms. The van der Waals surface area contributed by atoms with E-state index in [1.54, 1.807) is 30.3 Å². The Bertz CT molecular complexity index is 746. The number of hydrogen-bond donors (Lipinski definition) is 1. The smallest absolute Gasteiger partial charge is 0.308 e. The maximum atomic E-state index is 12.5. The van der Waals surface area contributed by atoms with Gasteiger partial charge in [0, 0.05) is 22.1 Å². The fourth-order valence-electron chi connectivity index (χ4n) is 1.84. The first kappa shape index (κ1) is 16.5. The Labute approximate surface area is 141 Å². The van der Waals surface area contributed by atoms with Gasteiger partial charge in [-0.2, -0.15) is 0 Å². The summed E-state index contributed by atoms with van der Waals surface area (Å²) in [6.45, 7) is 3.14. The second-order valence-corrected chi connectivity index (χ2v) is 6.00. The summed E-state index contributed by atoms with van der Waals surface area (Å²) in [7, 11) is 0. The Kier molecular flexibility index (Phi) is 5.21. The fraction of sp³-hybridized carbons (Fsp3) is 0.125. The zero-order chi connectivity index (χ0) is 16.3. The molecule has 1 N–H and O–H groups in total. The van der Waals surface area contributed by atoms with Crippen LogP contribution in [0.25, 0.3) is 0 Å². The average molecular weight is 383 g/mol. The van der Waals surface area contributed by atoms with E-state index in [2.05, 4.69) is 21.2 Å². The average Bonchev–Trinajstić information content (AvgIpc) is 2.44. The van der Waals surface area contributed by atoms with Crippen LogP contribution in [-0.4, -0.2) is 11.9 Å². The minimum Gasteiger partial charge on any atom is -0.426 e. The van der Waals surface area contributed by atoms with Gasteiger partial charge in [0.25, 0.3) is 5.91 Å². The zero-order valence-corrected chi connectivity index (χ0v) is 14.3. The van der Waals surface area contributed by atoms with Crippen LogP contribution in [0.5, 0.6) is 5.75 Å². The van der Waals surface area contributed by atoms with E-state index in [-0.39, 0.29) is 17.2 Å². The van der Waals surface area contributed by atoms with E-state index in [1.807, 2.05) is 13.0 Å². The first-order chi connectivity index (χ1) is 10.4. The molecule has 0 fully saturated rings. The lowest BCUT2D eigenvalue weighted by atomic mass is 10.1. The van der Waals surface area contributed by atoms with Gasteiger partial charge >= 0.3 is 5.97 Å².